The summed E-state index contributed by atoms with van der Waals surface area (Å²) in [7, 11) is 0. The van der Waals surface area contributed by atoms with Crippen LogP contribution in [0.25, 0.3) is 0 Å². The Morgan fingerprint density at radius 3 is 2.40 bits per heavy atom. The molecule has 0 saturated carbocycles. The highest BCUT2D eigenvalue weighted by molar-refractivity contribution is 6.31. The Bertz CT molecular complexity index is 496. The van der Waals surface area contributed by atoms with E-state index in [0.717, 1.165) is 38.4 Å². The number of carbonyl (C=O) groups is 1. The Balaban J connectivity index is 2.36. The summed E-state index contributed by atoms with van der Waals surface area (Å²) in [6, 6.07) is 2.17. The van der Waals surface area contributed by atoms with Crippen LogP contribution in [0.5, 0.6) is 0 Å². The largest absolute Gasteiger partial charge is 0.416 e. The second kappa shape index (κ2) is 6.14. The minimum Gasteiger partial charge on any atom is -0.299 e. The van der Waals surface area contributed by atoms with Crippen molar-refractivity contribution < 1.29 is 18.0 Å². The van der Waals surface area contributed by atoms with Gasteiger partial charge in [-0.05, 0) is 43.6 Å². The number of benzene rings is 1. The summed E-state index contributed by atoms with van der Waals surface area (Å²) < 4.78 is 39.3. The van der Waals surface area contributed by atoms with E-state index in [1.807, 2.05) is 4.90 Å². The van der Waals surface area contributed by atoms with Crippen molar-refractivity contribution in [1.29, 1.82) is 0 Å². The third kappa shape index (κ3) is 3.52. The van der Waals surface area contributed by atoms with Gasteiger partial charge in [-0.3, -0.25) is 9.69 Å². The van der Waals surface area contributed by atoms with E-state index in [9.17, 15) is 18.0 Å². The van der Waals surface area contributed by atoms with Gasteiger partial charge in [0, 0.05) is 17.1 Å². The molecule has 0 radical (unpaired) electrons. The molecule has 0 amide bonds. The molecule has 1 heterocycles. The van der Waals surface area contributed by atoms with Gasteiger partial charge in [-0.2, -0.15) is 13.2 Å². The molecule has 1 aromatic carbocycles. The second-order valence-electron chi connectivity index (χ2n) is 4.98. The molecule has 0 aliphatic carbocycles. The number of piperidine rings is 1. The van der Waals surface area contributed by atoms with Gasteiger partial charge in [-0.15, -0.1) is 0 Å². The lowest BCUT2D eigenvalue weighted by Crippen LogP contribution is -2.30. The first-order valence-corrected chi connectivity index (χ1v) is 6.87. The Hall–Kier alpha value is -1.07. The van der Waals surface area contributed by atoms with E-state index in [-0.39, 0.29) is 22.7 Å². The number of likely N-dealkylation sites (tertiary alicyclic amines) is 1. The highest BCUT2D eigenvalue weighted by Crippen LogP contribution is 2.36. The van der Waals surface area contributed by atoms with Gasteiger partial charge in [0.15, 0.2) is 0 Å². The molecule has 0 unspecified atom stereocenters. The van der Waals surface area contributed by atoms with Crippen LogP contribution in [0, 0.1) is 0 Å². The Morgan fingerprint density at radius 2 is 1.85 bits per heavy atom. The highest BCUT2D eigenvalue weighted by atomic mass is 35.5. The van der Waals surface area contributed by atoms with Crippen LogP contribution in [0.3, 0.4) is 0 Å². The topological polar surface area (TPSA) is 20.3 Å². The van der Waals surface area contributed by atoms with E-state index in [1.165, 1.54) is 6.07 Å². The minimum absolute atomic E-state index is 0.00694. The SMILES string of the molecule is O=Cc1cc(Cl)c(CN2CCCCC2)c(C(F)(F)F)c1. The molecule has 1 fully saturated rings. The number of hydrogen-bond acceptors (Lipinski definition) is 2. The average Bonchev–Trinajstić information content (AvgIpc) is 2.40. The molecule has 0 N–H and O–H groups in total. The van der Waals surface area contributed by atoms with E-state index >= 15 is 0 Å². The van der Waals surface area contributed by atoms with Crippen LogP contribution in [-0.2, 0) is 12.7 Å². The number of carbonyl (C=O) groups excluding carboxylic acids is 1. The van der Waals surface area contributed by atoms with Gasteiger partial charge in [-0.1, -0.05) is 18.0 Å². The fraction of sp³-hybridized carbons (Fsp3) is 0.500. The maximum absolute atomic E-state index is 13.1. The van der Waals surface area contributed by atoms with Gasteiger partial charge in [-0.25, -0.2) is 0 Å². The number of nitrogens with zero attached hydrogens (tertiary/aromatic N) is 1. The molecule has 2 nitrogen and oxygen atoms in total. The first-order valence-electron chi connectivity index (χ1n) is 6.49. The molecule has 1 aromatic rings. The Kier molecular flexibility index (Phi) is 4.70. The summed E-state index contributed by atoms with van der Waals surface area (Å²) in [6.07, 6.45) is -1.03. The zero-order valence-electron chi connectivity index (χ0n) is 10.8. The number of halogens is 4. The molecule has 0 atom stereocenters. The Morgan fingerprint density at radius 1 is 1.20 bits per heavy atom. The van der Waals surface area contributed by atoms with Crippen LogP contribution in [0.4, 0.5) is 13.2 Å². The highest BCUT2D eigenvalue weighted by Gasteiger charge is 2.35. The lowest BCUT2D eigenvalue weighted by molar-refractivity contribution is -0.138. The molecular formula is C14H15ClF3NO. The van der Waals surface area contributed by atoms with Gasteiger partial charge < -0.3 is 0 Å². The zero-order chi connectivity index (χ0) is 14.8. The van der Waals surface area contributed by atoms with Crippen molar-refractivity contribution in [2.45, 2.75) is 32.0 Å². The van der Waals surface area contributed by atoms with E-state index in [0.29, 0.717) is 6.29 Å². The smallest absolute Gasteiger partial charge is 0.299 e. The quantitative estimate of drug-likeness (QED) is 0.782. The zero-order valence-corrected chi connectivity index (χ0v) is 11.6. The molecular weight excluding hydrogens is 291 g/mol. The van der Waals surface area contributed by atoms with Crippen molar-refractivity contribution in [2.24, 2.45) is 0 Å². The first kappa shape index (κ1) is 15.3. The Labute approximate surface area is 120 Å². The van der Waals surface area contributed by atoms with E-state index in [1.54, 1.807) is 0 Å². The fourth-order valence-corrected chi connectivity index (χ4v) is 2.77. The summed E-state index contributed by atoms with van der Waals surface area (Å²) in [6.45, 7) is 1.74. The molecule has 0 spiro atoms. The maximum atomic E-state index is 13.1. The number of alkyl halides is 3. The van der Waals surface area contributed by atoms with Gasteiger partial charge in [0.25, 0.3) is 0 Å². The van der Waals surface area contributed by atoms with Crippen molar-refractivity contribution in [3.05, 3.63) is 33.8 Å². The van der Waals surface area contributed by atoms with Crippen LogP contribution in [0.1, 0.15) is 40.7 Å². The molecule has 1 aliphatic rings. The van der Waals surface area contributed by atoms with Gasteiger partial charge >= 0.3 is 6.18 Å². The van der Waals surface area contributed by atoms with Crippen molar-refractivity contribution in [3.63, 3.8) is 0 Å². The summed E-state index contributed by atoms with van der Waals surface area (Å²) in [5, 5.41) is 0.00694. The van der Waals surface area contributed by atoms with Crippen LogP contribution < -0.4 is 0 Å². The van der Waals surface area contributed by atoms with Gasteiger partial charge in [0.05, 0.1) is 5.56 Å². The van der Waals surface area contributed by atoms with Crippen LogP contribution in [-0.4, -0.2) is 24.3 Å². The molecule has 6 heteroatoms. The molecule has 20 heavy (non-hydrogen) atoms. The fourth-order valence-electron chi connectivity index (χ4n) is 2.48. The summed E-state index contributed by atoms with van der Waals surface area (Å²) in [5.74, 6) is 0. The standard InChI is InChI=1S/C14H15ClF3NO/c15-13-7-10(9-20)6-12(14(16,17)18)11(13)8-19-4-2-1-3-5-19/h6-7,9H,1-5,8H2. The molecule has 0 aromatic heterocycles. The average molecular weight is 306 g/mol. The number of hydrogen-bond donors (Lipinski definition) is 0. The predicted molar refractivity (Wildman–Crippen MR) is 71.0 cm³/mol. The molecule has 1 saturated heterocycles. The summed E-state index contributed by atoms with van der Waals surface area (Å²) >= 11 is 5.95. The van der Waals surface area contributed by atoms with E-state index in [4.69, 9.17) is 11.6 Å². The number of aldehydes is 1. The normalized spacial score (nSPS) is 17.2. The molecule has 2 rings (SSSR count). The third-order valence-electron chi connectivity index (χ3n) is 3.49. The molecule has 0 bridgehead atoms. The summed E-state index contributed by atoms with van der Waals surface area (Å²) in [5.41, 5.74) is -0.797. The van der Waals surface area contributed by atoms with Crippen molar-refractivity contribution in [3.8, 4) is 0 Å². The second-order valence-corrected chi connectivity index (χ2v) is 5.39. The lowest BCUT2D eigenvalue weighted by atomic mass is 10.0. The first-order chi connectivity index (χ1) is 9.41. The van der Waals surface area contributed by atoms with Crippen molar-refractivity contribution >= 4 is 17.9 Å². The van der Waals surface area contributed by atoms with Crippen LogP contribution in [0.2, 0.25) is 5.02 Å². The van der Waals surface area contributed by atoms with Crippen molar-refractivity contribution in [2.75, 3.05) is 13.1 Å². The monoisotopic (exact) mass is 305 g/mol. The molecule has 110 valence electrons. The van der Waals surface area contributed by atoms with E-state index < -0.39 is 11.7 Å². The van der Waals surface area contributed by atoms with Crippen molar-refractivity contribution in [1.82, 2.24) is 4.90 Å². The van der Waals surface area contributed by atoms with E-state index in [2.05, 4.69) is 0 Å². The van der Waals surface area contributed by atoms with Gasteiger partial charge in [0.2, 0.25) is 0 Å². The molecule has 1 aliphatic heterocycles. The number of rotatable bonds is 3. The van der Waals surface area contributed by atoms with Crippen LogP contribution in [0.15, 0.2) is 12.1 Å². The van der Waals surface area contributed by atoms with Gasteiger partial charge in [0.1, 0.15) is 6.29 Å². The third-order valence-corrected chi connectivity index (χ3v) is 3.83. The van der Waals surface area contributed by atoms with Crippen LogP contribution >= 0.6 is 11.6 Å². The predicted octanol–water partition coefficient (Wildman–Crippen LogP) is 4.16. The summed E-state index contributed by atoms with van der Waals surface area (Å²) in [4.78, 5) is 12.7. The lowest BCUT2D eigenvalue weighted by Gasteiger charge is -2.28. The maximum Gasteiger partial charge on any atom is 0.416 e. The minimum atomic E-state index is -4.51.